The number of methoxy groups -OCH3 is 1. The highest BCUT2D eigenvalue weighted by Crippen LogP contribution is 2.19. The van der Waals surface area contributed by atoms with Crippen LogP contribution >= 0.6 is 0 Å². The number of hydrogen-bond donors (Lipinski definition) is 1. The zero-order valence-corrected chi connectivity index (χ0v) is 10.4. The normalized spacial score (nSPS) is 10.6. The molecular weight excluding hydrogens is 230 g/mol. The molecule has 0 saturated carbocycles. The smallest absolute Gasteiger partial charge is 0.251 e. The lowest BCUT2D eigenvalue weighted by Gasteiger charge is -2.04. The summed E-state index contributed by atoms with van der Waals surface area (Å²) in [7, 11) is 1.60. The molecule has 1 N–H and O–H groups in total. The standard InChI is InChI=1S/C14H15NO3/c1-9(16)3-4-10-7-11-8-12(18-2)5-6-13(11)15-14(10)17/h5-8H,3-4H2,1-2H3,(H,15,17). The number of ketones is 1. The molecule has 0 aliphatic rings. The lowest BCUT2D eigenvalue weighted by Crippen LogP contribution is -2.13. The summed E-state index contributed by atoms with van der Waals surface area (Å²) in [5.74, 6) is 0.826. The average molecular weight is 245 g/mol. The van der Waals surface area contributed by atoms with Gasteiger partial charge in [0.15, 0.2) is 0 Å². The molecule has 1 aromatic carbocycles. The molecule has 2 rings (SSSR count). The van der Waals surface area contributed by atoms with Gasteiger partial charge in [0, 0.05) is 22.9 Å². The second-order valence-corrected chi connectivity index (χ2v) is 4.28. The van der Waals surface area contributed by atoms with Crippen molar-refractivity contribution in [1.82, 2.24) is 4.98 Å². The number of benzene rings is 1. The van der Waals surface area contributed by atoms with E-state index in [0.717, 1.165) is 16.7 Å². The molecule has 4 heteroatoms. The number of H-pyrrole nitrogens is 1. The first kappa shape index (κ1) is 12.4. The van der Waals surface area contributed by atoms with Crippen molar-refractivity contribution in [2.45, 2.75) is 19.8 Å². The minimum absolute atomic E-state index is 0.0835. The van der Waals surface area contributed by atoms with E-state index in [1.807, 2.05) is 18.2 Å². The first-order valence-corrected chi connectivity index (χ1v) is 5.79. The highest BCUT2D eigenvalue weighted by molar-refractivity contribution is 5.81. The number of aromatic nitrogens is 1. The van der Waals surface area contributed by atoms with Crippen LogP contribution < -0.4 is 10.3 Å². The van der Waals surface area contributed by atoms with Crippen molar-refractivity contribution in [2.75, 3.05) is 7.11 Å². The Bertz CT molecular complexity index is 643. The monoisotopic (exact) mass is 245 g/mol. The highest BCUT2D eigenvalue weighted by atomic mass is 16.5. The van der Waals surface area contributed by atoms with Crippen molar-refractivity contribution in [3.05, 3.63) is 40.2 Å². The Morgan fingerprint density at radius 1 is 1.33 bits per heavy atom. The summed E-state index contributed by atoms with van der Waals surface area (Å²) in [5.41, 5.74) is 1.27. The zero-order chi connectivity index (χ0) is 13.1. The zero-order valence-electron chi connectivity index (χ0n) is 10.4. The molecule has 94 valence electrons. The number of fused-ring (bicyclic) bond motifs is 1. The molecule has 0 amide bonds. The van der Waals surface area contributed by atoms with Gasteiger partial charge in [0.2, 0.25) is 0 Å². The number of rotatable bonds is 4. The van der Waals surface area contributed by atoms with Gasteiger partial charge in [-0.25, -0.2) is 0 Å². The Morgan fingerprint density at radius 2 is 2.11 bits per heavy atom. The number of carbonyl (C=O) groups excluding carboxylic acids is 1. The number of ether oxygens (including phenoxy) is 1. The number of hydrogen-bond acceptors (Lipinski definition) is 3. The Hall–Kier alpha value is -2.10. The molecule has 18 heavy (non-hydrogen) atoms. The summed E-state index contributed by atoms with van der Waals surface area (Å²) in [5, 5.41) is 0.910. The Labute approximate surface area is 105 Å². The Kier molecular flexibility index (Phi) is 3.46. The third-order valence-corrected chi connectivity index (χ3v) is 2.87. The van der Waals surface area contributed by atoms with Gasteiger partial charge in [0.05, 0.1) is 7.11 Å². The number of aryl methyl sites for hydroxylation is 1. The largest absolute Gasteiger partial charge is 0.497 e. The fraction of sp³-hybridized carbons (Fsp3) is 0.286. The van der Waals surface area contributed by atoms with E-state index < -0.39 is 0 Å². The van der Waals surface area contributed by atoms with Crippen LogP contribution in [-0.4, -0.2) is 17.9 Å². The number of aromatic amines is 1. The van der Waals surface area contributed by atoms with Crippen molar-refractivity contribution < 1.29 is 9.53 Å². The summed E-state index contributed by atoms with van der Waals surface area (Å²) >= 11 is 0. The molecule has 1 aromatic heterocycles. The number of Topliss-reactive ketones (excluding diaryl/α,β-unsaturated/α-hetero) is 1. The van der Waals surface area contributed by atoms with Crippen LogP contribution in [0.3, 0.4) is 0 Å². The van der Waals surface area contributed by atoms with Crippen molar-refractivity contribution in [2.24, 2.45) is 0 Å². The third kappa shape index (κ3) is 2.59. The van der Waals surface area contributed by atoms with Gasteiger partial charge < -0.3 is 14.5 Å². The molecule has 0 atom stereocenters. The van der Waals surface area contributed by atoms with E-state index >= 15 is 0 Å². The van der Waals surface area contributed by atoms with Crippen LogP contribution in [0.1, 0.15) is 18.9 Å². The number of pyridine rings is 1. The maximum absolute atomic E-state index is 11.8. The van der Waals surface area contributed by atoms with Gasteiger partial charge in [-0.1, -0.05) is 0 Å². The molecule has 0 aliphatic carbocycles. The topological polar surface area (TPSA) is 59.2 Å². The third-order valence-electron chi connectivity index (χ3n) is 2.87. The molecule has 4 nitrogen and oxygen atoms in total. The summed E-state index contributed by atoms with van der Waals surface area (Å²) < 4.78 is 5.14. The molecule has 2 aromatic rings. The van der Waals surface area contributed by atoms with E-state index in [0.29, 0.717) is 18.4 Å². The van der Waals surface area contributed by atoms with Crippen molar-refractivity contribution >= 4 is 16.7 Å². The molecule has 0 radical (unpaired) electrons. The van der Waals surface area contributed by atoms with Crippen LogP contribution in [0, 0.1) is 0 Å². The molecule has 0 spiro atoms. The van der Waals surface area contributed by atoms with Gasteiger partial charge >= 0.3 is 0 Å². The van der Waals surface area contributed by atoms with E-state index in [2.05, 4.69) is 4.98 Å². The van der Waals surface area contributed by atoms with Crippen LogP contribution in [0.25, 0.3) is 10.9 Å². The van der Waals surface area contributed by atoms with Gasteiger partial charge in [-0.3, -0.25) is 4.79 Å². The lowest BCUT2D eigenvalue weighted by atomic mass is 10.1. The molecule has 0 fully saturated rings. The molecular formula is C14H15NO3. The van der Waals surface area contributed by atoms with E-state index in [1.54, 1.807) is 13.2 Å². The van der Waals surface area contributed by atoms with Crippen molar-refractivity contribution in [1.29, 1.82) is 0 Å². The summed E-state index contributed by atoms with van der Waals surface area (Å²) in [6.07, 6.45) is 0.858. The van der Waals surface area contributed by atoms with Crippen LogP contribution in [0.15, 0.2) is 29.1 Å². The average Bonchev–Trinajstić information content (AvgIpc) is 2.35. The Balaban J connectivity index is 2.44. The van der Waals surface area contributed by atoms with Crippen LogP contribution in [0.2, 0.25) is 0 Å². The predicted octanol–water partition coefficient (Wildman–Crippen LogP) is 2.06. The van der Waals surface area contributed by atoms with Crippen molar-refractivity contribution in [3.63, 3.8) is 0 Å². The second kappa shape index (κ2) is 5.04. The maximum Gasteiger partial charge on any atom is 0.251 e. The first-order chi connectivity index (χ1) is 8.60. The fourth-order valence-electron chi connectivity index (χ4n) is 1.85. The quantitative estimate of drug-likeness (QED) is 0.896. The van der Waals surface area contributed by atoms with Crippen molar-refractivity contribution in [3.8, 4) is 5.75 Å². The molecule has 0 bridgehead atoms. The van der Waals surface area contributed by atoms with Crippen LogP contribution in [0.5, 0.6) is 5.75 Å². The van der Waals surface area contributed by atoms with E-state index in [-0.39, 0.29) is 11.3 Å². The summed E-state index contributed by atoms with van der Waals surface area (Å²) in [4.78, 5) is 25.6. The molecule has 0 unspecified atom stereocenters. The second-order valence-electron chi connectivity index (χ2n) is 4.28. The van der Waals surface area contributed by atoms with E-state index in [4.69, 9.17) is 4.74 Å². The molecule has 0 aliphatic heterocycles. The maximum atomic E-state index is 11.8. The van der Waals surface area contributed by atoms with E-state index in [1.165, 1.54) is 6.92 Å². The Morgan fingerprint density at radius 3 is 2.78 bits per heavy atom. The minimum Gasteiger partial charge on any atom is -0.497 e. The lowest BCUT2D eigenvalue weighted by molar-refractivity contribution is -0.116. The highest BCUT2D eigenvalue weighted by Gasteiger charge is 2.05. The summed E-state index contributed by atoms with van der Waals surface area (Å²) in [6.45, 7) is 1.53. The van der Waals surface area contributed by atoms with Gasteiger partial charge in [-0.05, 0) is 37.6 Å². The fourth-order valence-corrected chi connectivity index (χ4v) is 1.85. The van der Waals surface area contributed by atoms with E-state index in [9.17, 15) is 9.59 Å². The first-order valence-electron chi connectivity index (χ1n) is 5.79. The van der Waals surface area contributed by atoms with Gasteiger partial charge in [-0.15, -0.1) is 0 Å². The van der Waals surface area contributed by atoms with Crippen LogP contribution in [0.4, 0.5) is 0 Å². The molecule has 0 saturated heterocycles. The van der Waals surface area contributed by atoms with Gasteiger partial charge in [-0.2, -0.15) is 0 Å². The number of nitrogens with one attached hydrogen (secondary N) is 1. The number of carbonyl (C=O) groups is 1. The minimum atomic E-state index is -0.131. The van der Waals surface area contributed by atoms with Gasteiger partial charge in [0.25, 0.3) is 5.56 Å². The van der Waals surface area contributed by atoms with Gasteiger partial charge in [0.1, 0.15) is 11.5 Å². The molecule has 1 heterocycles. The van der Waals surface area contributed by atoms with Crippen LogP contribution in [-0.2, 0) is 11.2 Å². The predicted molar refractivity (Wildman–Crippen MR) is 70.1 cm³/mol. The SMILES string of the molecule is COc1ccc2[nH]c(=O)c(CCC(C)=O)cc2c1. The summed E-state index contributed by atoms with van der Waals surface area (Å²) in [6, 6.07) is 7.29.